The lowest BCUT2D eigenvalue weighted by atomic mass is 10.1. The van der Waals surface area contributed by atoms with Crippen molar-refractivity contribution in [1.82, 2.24) is 4.98 Å². The Morgan fingerprint density at radius 3 is 2.47 bits per heavy atom. The Morgan fingerprint density at radius 1 is 1.20 bits per heavy atom. The van der Waals surface area contributed by atoms with Crippen LogP contribution in [0.1, 0.15) is 5.56 Å². The van der Waals surface area contributed by atoms with Gasteiger partial charge >= 0.3 is 0 Å². The van der Waals surface area contributed by atoms with Crippen molar-refractivity contribution in [1.29, 1.82) is 5.26 Å². The number of nitrogens with zero attached hydrogens (tertiary/aromatic N) is 3. The summed E-state index contributed by atoms with van der Waals surface area (Å²) >= 11 is 1.27. The van der Waals surface area contributed by atoms with Crippen LogP contribution in [0.5, 0.6) is 5.75 Å². The average Bonchev–Trinajstić information content (AvgIpc) is 3.20. The van der Waals surface area contributed by atoms with Crippen LogP contribution in [0.15, 0.2) is 53.9 Å². The summed E-state index contributed by atoms with van der Waals surface area (Å²) in [7, 11) is -1.84. The molecule has 0 unspecified atom stereocenters. The molecule has 1 aromatic heterocycles. The Bertz CT molecular complexity index is 1180. The van der Waals surface area contributed by atoms with Crippen LogP contribution in [-0.4, -0.2) is 39.2 Å². The van der Waals surface area contributed by atoms with E-state index in [0.717, 1.165) is 11.8 Å². The van der Waals surface area contributed by atoms with E-state index in [-0.39, 0.29) is 12.5 Å². The van der Waals surface area contributed by atoms with Gasteiger partial charge < -0.3 is 4.74 Å². The predicted molar refractivity (Wildman–Crippen MR) is 116 cm³/mol. The van der Waals surface area contributed by atoms with E-state index in [1.807, 2.05) is 6.07 Å². The number of hydrogen-bond donors (Lipinski definition) is 1. The number of carbonyl (C=O) groups is 1. The van der Waals surface area contributed by atoms with Crippen molar-refractivity contribution >= 4 is 38.1 Å². The summed E-state index contributed by atoms with van der Waals surface area (Å²) in [4.78, 5) is 16.5. The molecule has 2 aromatic carbocycles. The third-order valence-corrected chi connectivity index (χ3v) is 6.09. The Hall–Kier alpha value is -3.42. The molecule has 0 atom stereocenters. The maximum absolute atomic E-state index is 12.1. The van der Waals surface area contributed by atoms with Crippen molar-refractivity contribution in [3.63, 3.8) is 0 Å². The number of sulfonamides is 1. The molecule has 8 nitrogen and oxygen atoms in total. The second-order valence-electron chi connectivity index (χ2n) is 6.29. The van der Waals surface area contributed by atoms with E-state index in [1.54, 1.807) is 53.9 Å². The minimum Gasteiger partial charge on any atom is -0.484 e. The predicted octanol–water partition coefficient (Wildman–Crippen LogP) is 3.10. The van der Waals surface area contributed by atoms with E-state index in [4.69, 9.17) is 10.00 Å². The van der Waals surface area contributed by atoms with Gasteiger partial charge in [-0.3, -0.25) is 14.4 Å². The van der Waals surface area contributed by atoms with E-state index >= 15 is 0 Å². The second kappa shape index (κ2) is 8.94. The van der Waals surface area contributed by atoms with Crippen LogP contribution in [0.3, 0.4) is 0 Å². The van der Waals surface area contributed by atoms with Gasteiger partial charge in [-0.05, 0) is 36.4 Å². The molecular formula is C20H18N4O4S2. The molecule has 0 aliphatic carbocycles. The number of thiazole rings is 1. The van der Waals surface area contributed by atoms with Crippen LogP contribution >= 0.6 is 11.3 Å². The first kappa shape index (κ1) is 21.3. The van der Waals surface area contributed by atoms with Gasteiger partial charge in [0, 0.05) is 18.0 Å². The number of carbonyl (C=O) groups excluding carboxylic acids is 1. The van der Waals surface area contributed by atoms with Crippen molar-refractivity contribution in [2.75, 3.05) is 29.5 Å². The lowest BCUT2D eigenvalue weighted by Crippen LogP contribution is -2.24. The number of aromatic nitrogens is 1. The summed E-state index contributed by atoms with van der Waals surface area (Å²) in [5.74, 6) is 0.133. The zero-order valence-electron chi connectivity index (χ0n) is 16.2. The maximum atomic E-state index is 12.1. The fourth-order valence-corrected chi connectivity index (χ4v) is 3.67. The molecular weight excluding hydrogens is 424 g/mol. The van der Waals surface area contributed by atoms with Crippen molar-refractivity contribution < 1.29 is 17.9 Å². The van der Waals surface area contributed by atoms with Crippen LogP contribution in [0.2, 0.25) is 0 Å². The Kier molecular flexibility index (Phi) is 6.34. The first-order valence-corrected chi connectivity index (χ1v) is 11.4. The molecule has 0 aliphatic heterocycles. The molecule has 0 bridgehead atoms. The van der Waals surface area contributed by atoms with Gasteiger partial charge in [0.2, 0.25) is 10.0 Å². The number of amides is 1. The Morgan fingerprint density at radius 2 is 1.87 bits per heavy atom. The molecule has 154 valence electrons. The average molecular weight is 443 g/mol. The van der Waals surface area contributed by atoms with E-state index < -0.39 is 10.0 Å². The number of anilines is 2. The van der Waals surface area contributed by atoms with Crippen LogP contribution in [0.4, 0.5) is 10.8 Å². The number of ether oxygens (including phenoxy) is 1. The molecule has 3 aromatic rings. The maximum Gasteiger partial charge on any atom is 0.264 e. The fourth-order valence-electron chi connectivity index (χ4n) is 2.43. The third kappa shape index (κ3) is 5.34. The molecule has 1 amide bonds. The van der Waals surface area contributed by atoms with Crippen LogP contribution in [-0.2, 0) is 14.8 Å². The van der Waals surface area contributed by atoms with Gasteiger partial charge in [0.05, 0.1) is 29.3 Å². The molecule has 0 spiro atoms. The van der Waals surface area contributed by atoms with E-state index in [9.17, 15) is 13.2 Å². The summed E-state index contributed by atoms with van der Waals surface area (Å²) in [6, 6.07) is 15.4. The smallest absolute Gasteiger partial charge is 0.264 e. The molecule has 10 heteroatoms. The third-order valence-electron chi connectivity index (χ3n) is 4.13. The highest BCUT2D eigenvalue weighted by Gasteiger charge is 2.13. The lowest BCUT2D eigenvalue weighted by Gasteiger charge is -2.16. The minimum atomic E-state index is -3.33. The largest absolute Gasteiger partial charge is 0.484 e. The molecule has 1 heterocycles. The second-order valence-corrected chi connectivity index (χ2v) is 9.16. The molecule has 0 fully saturated rings. The lowest BCUT2D eigenvalue weighted by molar-refractivity contribution is -0.118. The number of hydrogen-bond acceptors (Lipinski definition) is 7. The van der Waals surface area contributed by atoms with E-state index in [1.165, 1.54) is 22.7 Å². The quantitative estimate of drug-likeness (QED) is 0.602. The molecule has 0 radical (unpaired) electrons. The molecule has 0 aliphatic rings. The monoisotopic (exact) mass is 442 g/mol. The first-order chi connectivity index (χ1) is 14.3. The van der Waals surface area contributed by atoms with Gasteiger partial charge in [-0.25, -0.2) is 13.4 Å². The molecule has 3 rings (SSSR count). The standard InChI is InChI=1S/C20H18N4O4S2/c1-24(30(2,26)27)16-7-5-15(6-8-16)18-13-29-20(22-18)23-19(25)12-28-17-9-3-14(11-21)4-10-17/h3-10,13H,12H2,1-2H3,(H,22,23,25). The van der Waals surface area contributed by atoms with Crippen molar-refractivity contribution in [3.8, 4) is 23.1 Å². The number of benzene rings is 2. The topological polar surface area (TPSA) is 112 Å². The van der Waals surface area contributed by atoms with Crippen molar-refractivity contribution in [2.24, 2.45) is 0 Å². The van der Waals surface area contributed by atoms with Crippen LogP contribution < -0.4 is 14.4 Å². The number of rotatable bonds is 7. The highest BCUT2D eigenvalue weighted by atomic mass is 32.2. The van der Waals surface area contributed by atoms with Gasteiger partial charge in [-0.1, -0.05) is 12.1 Å². The summed E-state index contributed by atoms with van der Waals surface area (Å²) in [5, 5.41) is 13.7. The Balaban J connectivity index is 1.59. The molecule has 0 saturated heterocycles. The normalized spacial score (nSPS) is 10.8. The van der Waals surface area contributed by atoms with Gasteiger partial charge in [-0.15, -0.1) is 11.3 Å². The number of nitriles is 1. The SMILES string of the molecule is CN(c1ccc(-c2csc(NC(=O)COc3ccc(C#N)cc3)n2)cc1)S(C)(=O)=O. The van der Waals surface area contributed by atoms with Gasteiger partial charge in [-0.2, -0.15) is 5.26 Å². The summed E-state index contributed by atoms with van der Waals surface area (Å²) in [6.07, 6.45) is 1.14. The molecule has 1 N–H and O–H groups in total. The Labute approximate surface area is 178 Å². The summed E-state index contributed by atoms with van der Waals surface area (Å²) in [6.45, 7) is -0.187. The highest BCUT2D eigenvalue weighted by Crippen LogP contribution is 2.27. The van der Waals surface area contributed by atoms with Gasteiger partial charge in [0.25, 0.3) is 5.91 Å². The van der Waals surface area contributed by atoms with Gasteiger partial charge in [0.1, 0.15) is 5.75 Å². The number of nitrogens with one attached hydrogen (secondary N) is 1. The summed E-state index contributed by atoms with van der Waals surface area (Å²) in [5.41, 5.74) is 2.52. The zero-order valence-corrected chi connectivity index (χ0v) is 17.8. The minimum absolute atomic E-state index is 0.187. The van der Waals surface area contributed by atoms with Crippen molar-refractivity contribution in [2.45, 2.75) is 0 Å². The van der Waals surface area contributed by atoms with Crippen LogP contribution in [0.25, 0.3) is 11.3 Å². The molecule has 0 saturated carbocycles. The van der Waals surface area contributed by atoms with E-state index in [2.05, 4.69) is 10.3 Å². The van der Waals surface area contributed by atoms with Gasteiger partial charge in [0.15, 0.2) is 11.7 Å². The van der Waals surface area contributed by atoms with E-state index in [0.29, 0.717) is 27.8 Å². The highest BCUT2D eigenvalue weighted by molar-refractivity contribution is 7.92. The molecule has 30 heavy (non-hydrogen) atoms. The van der Waals surface area contributed by atoms with Crippen LogP contribution in [0, 0.1) is 11.3 Å². The first-order valence-electron chi connectivity index (χ1n) is 8.69. The summed E-state index contributed by atoms with van der Waals surface area (Å²) < 4.78 is 29.8. The van der Waals surface area contributed by atoms with Crippen molar-refractivity contribution in [3.05, 3.63) is 59.5 Å². The zero-order chi connectivity index (χ0) is 21.7. The fraction of sp³-hybridized carbons (Fsp3) is 0.150.